The molecule has 5 heteroatoms. The second-order valence-corrected chi connectivity index (χ2v) is 5.06. The average molecular weight is 253 g/mol. The minimum atomic E-state index is -4.09. The van der Waals surface area contributed by atoms with Gasteiger partial charge in [0.2, 0.25) is 0 Å². The zero-order valence-electron chi connectivity index (χ0n) is 9.28. The Bertz CT molecular complexity index is 226. The van der Waals surface area contributed by atoms with Crippen LogP contribution in [0.5, 0.6) is 0 Å². The largest absolute Gasteiger partial charge is 0.441 e. The number of rotatable bonds is 6. The normalized spacial score (nSPS) is 17.3. The van der Waals surface area contributed by atoms with E-state index in [1.54, 1.807) is 0 Å². The highest BCUT2D eigenvalue weighted by molar-refractivity contribution is 8.00. The monoisotopic (exact) mass is 253 g/mol. The highest BCUT2D eigenvalue weighted by Gasteiger charge is 2.27. The molecule has 0 amide bonds. The highest BCUT2D eigenvalue weighted by Crippen LogP contribution is 2.29. The third kappa shape index (κ3) is 7.17. The van der Waals surface area contributed by atoms with Crippen molar-refractivity contribution in [2.45, 2.75) is 37.6 Å². The van der Waals surface area contributed by atoms with Crippen LogP contribution in [0.3, 0.4) is 0 Å². The summed E-state index contributed by atoms with van der Waals surface area (Å²) in [7, 11) is 0. The van der Waals surface area contributed by atoms with Gasteiger partial charge in [-0.3, -0.25) is 0 Å². The third-order valence-electron chi connectivity index (χ3n) is 2.55. The Hall–Kier alpha value is -0.160. The number of allylic oxidation sites excluding steroid dienone is 1. The molecule has 0 aromatic carbocycles. The van der Waals surface area contributed by atoms with E-state index >= 15 is 0 Å². The summed E-state index contributed by atoms with van der Waals surface area (Å²) in [6.07, 6.45) is 8.12. The summed E-state index contributed by atoms with van der Waals surface area (Å²) in [5.41, 5.74) is -2.63. The fourth-order valence-electron chi connectivity index (χ4n) is 1.74. The Morgan fingerprint density at radius 3 is 2.69 bits per heavy atom. The Kier molecular flexibility index (Phi) is 6.28. The van der Waals surface area contributed by atoms with E-state index in [1.807, 2.05) is 0 Å². The van der Waals surface area contributed by atoms with E-state index in [0.29, 0.717) is 6.54 Å². The molecule has 1 N–H and O–H groups in total. The molecule has 0 saturated carbocycles. The Balaban J connectivity index is 1.94. The topological polar surface area (TPSA) is 12.0 Å². The van der Waals surface area contributed by atoms with Gasteiger partial charge in [-0.2, -0.15) is 13.2 Å². The lowest BCUT2D eigenvalue weighted by Crippen LogP contribution is -2.20. The van der Waals surface area contributed by atoms with Crippen LogP contribution in [0.25, 0.3) is 0 Å². The molecule has 0 bridgehead atoms. The van der Waals surface area contributed by atoms with Crippen LogP contribution in [0.1, 0.15) is 32.1 Å². The average Bonchev–Trinajstić information content (AvgIpc) is 2.23. The number of halogens is 3. The Morgan fingerprint density at radius 1 is 1.25 bits per heavy atom. The summed E-state index contributed by atoms with van der Waals surface area (Å²) in [6.45, 7) is 1.22. The van der Waals surface area contributed by atoms with Crippen molar-refractivity contribution in [3.63, 3.8) is 0 Å². The van der Waals surface area contributed by atoms with Gasteiger partial charge in [-0.1, -0.05) is 11.6 Å². The molecule has 94 valence electrons. The van der Waals surface area contributed by atoms with Gasteiger partial charge in [-0.15, -0.1) is 0 Å². The molecule has 1 rings (SSSR count). The van der Waals surface area contributed by atoms with Crippen LogP contribution in [0, 0.1) is 0 Å². The summed E-state index contributed by atoms with van der Waals surface area (Å²) in [4.78, 5) is 0. The van der Waals surface area contributed by atoms with Gasteiger partial charge >= 0.3 is 5.51 Å². The second kappa shape index (κ2) is 7.22. The van der Waals surface area contributed by atoms with Crippen molar-refractivity contribution in [2.75, 3.05) is 18.8 Å². The molecule has 1 aliphatic rings. The van der Waals surface area contributed by atoms with Crippen LogP contribution < -0.4 is 5.32 Å². The zero-order valence-corrected chi connectivity index (χ0v) is 10.1. The molecule has 0 aromatic heterocycles. The van der Waals surface area contributed by atoms with Crippen LogP contribution >= 0.6 is 11.8 Å². The van der Waals surface area contributed by atoms with Crippen LogP contribution in [0.2, 0.25) is 0 Å². The fourth-order valence-corrected chi connectivity index (χ4v) is 2.22. The summed E-state index contributed by atoms with van der Waals surface area (Å²) in [5.74, 6) is 0.0997. The molecule has 0 aromatic rings. The lowest BCUT2D eigenvalue weighted by Gasteiger charge is -2.13. The lowest BCUT2D eigenvalue weighted by molar-refractivity contribution is -0.0327. The van der Waals surface area contributed by atoms with Gasteiger partial charge in [0.15, 0.2) is 0 Å². The Labute approximate surface area is 98.9 Å². The predicted octanol–water partition coefficient (Wildman–Crippen LogP) is 3.72. The summed E-state index contributed by atoms with van der Waals surface area (Å²) in [6, 6.07) is 0. The van der Waals surface area contributed by atoms with Gasteiger partial charge in [-0.25, -0.2) is 0 Å². The van der Waals surface area contributed by atoms with Gasteiger partial charge < -0.3 is 5.32 Å². The molecular weight excluding hydrogens is 235 g/mol. The minimum absolute atomic E-state index is 0.0425. The van der Waals surface area contributed by atoms with Crippen molar-refractivity contribution < 1.29 is 13.2 Å². The number of alkyl halides is 3. The molecule has 0 aliphatic heterocycles. The summed E-state index contributed by atoms with van der Waals surface area (Å²) < 4.78 is 35.3. The van der Waals surface area contributed by atoms with Gasteiger partial charge in [0.25, 0.3) is 0 Å². The lowest BCUT2D eigenvalue weighted by atomic mass is 9.97. The SMILES string of the molecule is FC(F)(F)SCCNCCC1=CCCCC1. The molecule has 0 heterocycles. The third-order valence-corrected chi connectivity index (χ3v) is 3.29. The van der Waals surface area contributed by atoms with Crippen LogP contribution in [-0.2, 0) is 0 Å². The van der Waals surface area contributed by atoms with E-state index in [-0.39, 0.29) is 17.5 Å². The van der Waals surface area contributed by atoms with Gasteiger partial charge in [0, 0.05) is 12.3 Å². The summed E-state index contributed by atoms with van der Waals surface area (Å²) >= 11 is 0.0425. The van der Waals surface area contributed by atoms with Crippen molar-refractivity contribution in [1.29, 1.82) is 0 Å². The van der Waals surface area contributed by atoms with E-state index < -0.39 is 5.51 Å². The van der Waals surface area contributed by atoms with Crippen LogP contribution in [0.4, 0.5) is 13.2 Å². The maximum absolute atomic E-state index is 11.8. The molecular formula is C11H18F3NS. The molecule has 16 heavy (non-hydrogen) atoms. The summed E-state index contributed by atoms with van der Waals surface area (Å²) in [5, 5.41) is 3.04. The van der Waals surface area contributed by atoms with E-state index in [0.717, 1.165) is 13.0 Å². The van der Waals surface area contributed by atoms with Crippen molar-refractivity contribution in [1.82, 2.24) is 5.32 Å². The number of hydrogen-bond acceptors (Lipinski definition) is 2. The molecule has 0 spiro atoms. The quantitative estimate of drug-likeness (QED) is 0.572. The Morgan fingerprint density at radius 2 is 2.06 bits per heavy atom. The molecule has 0 radical (unpaired) electrons. The van der Waals surface area contributed by atoms with Crippen molar-refractivity contribution in [3.8, 4) is 0 Å². The zero-order chi connectivity index (χ0) is 11.9. The van der Waals surface area contributed by atoms with E-state index in [1.165, 1.54) is 31.3 Å². The smallest absolute Gasteiger partial charge is 0.316 e. The fraction of sp³-hybridized carbons (Fsp3) is 0.818. The van der Waals surface area contributed by atoms with Gasteiger partial charge in [0.1, 0.15) is 0 Å². The van der Waals surface area contributed by atoms with Crippen molar-refractivity contribution in [3.05, 3.63) is 11.6 Å². The van der Waals surface area contributed by atoms with Crippen molar-refractivity contribution in [2.24, 2.45) is 0 Å². The molecule has 1 nitrogen and oxygen atoms in total. The number of hydrogen-bond donors (Lipinski definition) is 1. The second-order valence-electron chi connectivity index (χ2n) is 3.90. The number of nitrogens with one attached hydrogen (secondary N) is 1. The first-order valence-electron chi connectivity index (χ1n) is 5.67. The van der Waals surface area contributed by atoms with Gasteiger partial charge in [0.05, 0.1) is 0 Å². The first-order valence-corrected chi connectivity index (χ1v) is 6.66. The van der Waals surface area contributed by atoms with E-state index in [2.05, 4.69) is 11.4 Å². The molecule has 0 unspecified atom stereocenters. The first kappa shape index (κ1) is 13.9. The molecule has 1 aliphatic carbocycles. The standard InChI is InChI=1S/C11H18F3NS/c12-11(13,14)16-9-8-15-7-6-10-4-2-1-3-5-10/h4,15H,1-3,5-9H2. The molecule has 0 saturated heterocycles. The maximum atomic E-state index is 11.8. The van der Waals surface area contributed by atoms with E-state index in [9.17, 15) is 13.2 Å². The first-order chi connectivity index (χ1) is 7.58. The molecule has 0 atom stereocenters. The van der Waals surface area contributed by atoms with Crippen molar-refractivity contribution >= 4 is 11.8 Å². The molecule has 0 fully saturated rings. The van der Waals surface area contributed by atoms with Crippen LogP contribution in [0.15, 0.2) is 11.6 Å². The predicted molar refractivity (Wildman–Crippen MR) is 62.6 cm³/mol. The highest BCUT2D eigenvalue weighted by atomic mass is 32.2. The van der Waals surface area contributed by atoms with Crippen LogP contribution in [-0.4, -0.2) is 24.4 Å². The number of thioether (sulfide) groups is 1. The maximum Gasteiger partial charge on any atom is 0.441 e. The van der Waals surface area contributed by atoms with Gasteiger partial charge in [-0.05, 0) is 50.4 Å². The minimum Gasteiger partial charge on any atom is -0.316 e. The van der Waals surface area contributed by atoms with E-state index in [4.69, 9.17) is 0 Å².